The van der Waals surface area contributed by atoms with Crippen LogP contribution in [0.15, 0.2) is 18.2 Å². The van der Waals surface area contributed by atoms with Crippen LogP contribution in [0.2, 0.25) is 0 Å². The van der Waals surface area contributed by atoms with Gasteiger partial charge in [-0.3, -0.25) is 4.90 Å². The van der Waals surface area contributed by atoms with Crippen LogP contribution in [0.3, 0.4) is 0 Å². The average Bonchev–Trinajstić information content (AvgIpc) is 2.36. The van der Waals surface area contributed by atoms with Gasteiger partial charge in [-0.2, -0.15) is 0 Å². The molecule has 0 bridgehead atoms. The van der Waals surface area contributed by atoms with Crippen LogP contribution in [0.1, 0.15) is 38.8 Å². The second-order valence-electron chi connectivity index (χ2n) is 6.22. The molecule has 20 heavy (non-hydrogen) atoms. The van der Waals surface area contributed by atoms with E-state index in [2.05, 4.69) is 51.5 Å². The number of halogens is 1. The molecule has 0 heterocycles. The summed E-state index contributed by atoms with van der Waals surface area (Å²) < 4.78 is 13.3. The van der Waals surface area contributed by atoms with E-state index in [1.54, 1.807) is 6.07 Å². The molecule has 1 rings (SSSR count). The smallest absolute Gasteiger partial charge is 0.124 e. The van der Waals surface area contributed by atoms with Crippen molar-refractivity contribution >= 4 is 0 Å². The lowest BCUT2D eigenvalue weighted by Crippen LogP contribution is -2.38. The molecule has 1 aromatic carbocycles. The van der Waals surface area contributed by atoms with Crippen molar-refractivity contribution in [3.05, 3.63) is 35.1 Å². The molecule has 0 saturated carbocycles. The molecule has 0 aliphatic heterocycles. The van der Waals surface area contributed by atoms with E-state index < -0.39 is 0 Å². The zero-order valence-corrected chi connectivity index (χ0v) is 13.0. The Bertz CT molecular complexity index is 508. The highest BCUT2D eigenvalue weighted by atomic mass is 19.1. The predicted octanol–water partition coefficient (Wildman–Crippen LogP) is 3.04. The van der Waals surface area contributed by atoms with Crippen LogP contribution in [0, 0.1) is 23.1 Å². The number of aliphatic hydroxyl groups excluding tert-OH is 1. The van der Waals surface area contributed by atoms with Crippen LogP contribution in [-0.2, 0) is 6.54 Å². The normalized spacial score (nSPS) is 13.0. The lowest BCUT2D eigenvalue weighted by atomic mass is 9.87. The Labute approximate surface area is 121 Å². The van der Waals surface area contributed by atoms with E-state index in [9.17, 15) is 4.39 Å². The fraction of sp³-hybridized carbons (Fsp3) is 0.529. The zero-order chi connectivity index (χ0) is 15.3. The van der Waals surface area contributed by atoms with Gasteiger partial charge in [0.1, 0.15) is 12.4 Å². The minimum Gasteiger partial charge on any atom is -0.384 e. The van der Waals surface area contributed by atoms with Gasteiger partial charge in [-0.15, -0.1) is 0 Å². The number of rotatable bonds is 3. The summed E-state index contributed by atoms with van der Waals surface area (Å²) in [6, 6.07) is 5.02. The summed E-state index contributed by atoms with van der Waals surface area (Å²) in [5, 5.41) is 8.79. The molecule has 0 fully saturated rings. The quantitative estimate of drug-likeness (QED) is 0.858. The molecule has 2 nitrogen and oxygen atoms in total. The first-order chi connectivity index (χ1) is 9.25. The molecule has 0 amide bonds. The summed E-state index contributed by atoms with van der Waals surface area (Å²) in [7, 11) is 2.06. The topological polar surface area (TPSA) is 23.5 Å². The summed E-state index contributed by atoms with van der Waals surface area (Å²) in [6.07, 6.45) is 0. The minimum atomic E-state index is -0.303. The lowest BCUT2D eigenvalue weighted by molar-refractivity contribution is 0.134. The summed E-state index contributed by atoms with van der Waals surface area (Å²) in [6.45, 7) is 9.27. The second kappa shape index (κ2) is 6.88. The van der Waals surface area contributed by atoms with Gasteiger partial charge in [0.05, 0.1) is 0 Å². The monoisotopic (exact) mass is 277 g/mol. The van der Waals surface area contributed by atoms with Crippen molar-refractivity contribution in [2.24, 2.45) is 5.41 Å². The molecule has 0 aliphatic rings. The van der Waals surface area contributed by atoms with E-state index in [4.69, 9.17) is 5.11 Å². The van der Waals surface area contributed by atoms with Crippen LogP contribution >= 0.6 is 0 Å². The summed E-state index contributed by atoms with van der Waals surface area (Å²) in [5.74, 6) is 5.10. The molecule has 0 saturated heterocycles. The SMILES string of the molecule is CC(N(C)Cc1ccc(F)cc1C#CCO)C(C)(C)C. The van der Waals surface area contributed by atoms with Crippen molar-refractivity contribution < 1.29 is 9.50 Å². The molecule has 1 unspecified atom stereocenters. The highest BCUT2D eigenvalue weighted by molar-refractivity contribution is 5.41. The molecule has 1 atom stereocenters. The molecule has 1 N–H and O–H groups in total. The Morgan fingerprint density at radius 2 is 2.00 bits per heavy atom. The Morgan fingerprint density at radius 1 is 1.35 bits per heavy atom. The first-order valence-corrected chi connectivity index (χ1v) is 6.84. The van der Waals surface area contributed by atoms with Gasteiger partial charge >= 0.3 is 0 Å². The number of benzene rings is 1. The Hall–Kier alpha value is -1.37. The van der Waals surface area contributed by atoms with Crippen molar-refractivity contribution in [1.82, 2.24) is 4.90 Å². The third-order valence-corrected chi connectivity index (χ3v) is 3.71. The second-order valence-corrected chi connectivity index (χ2v) is 6.22. The van der Waals surface area contributed by atoms with Crippen LogP contribution in [0.4, 0.5) is 4.39 Å². The molecular weight excluding hydrogens is 253 g/mol. The molecule has 0 aliphatic carbocycles. The number of hydrogen-bond donors (Lipinski definition) is 1. The maximum absolute atomic E-state index is 13.3. The largest absolute Gasteiger partial charge is 0.384 e. The van der Waals surface area contributed by atoms with Gasteiger partial charge in [-0.25, -0.2) is 4.39 Å². The molecule has 0 radical (unpaired) electrons. The van der Waals surface area contributed by atoms with Gasteiger partial charge in [-0.1, -0.05) is 38.7 Å². The minimum absolute atomic E-state index is 0.172. The van der Waals surface area contributed by atoms with Gasteiger partial charge in [0, 0.05) is 18.2 Å². The van der Waals surface area contributed by atoms with Crippen LogP contribution in [-0.4, -0.2) is 29.7 Å². The third-order valence-electron chi connectivity index (χ3n) is 3.71. The van der Waals surface area contributed by atoms with E-state index in [0.29, 0.717) is 18.2 Å². The molecular formula is C17H24FNO. The highest BCUT2D eigenvalue weighted by Crippen LogP contribution is 2.24. The van der Waals surface area contributed by atoms with E-state index >= 15 is 0 Å². The molecule has 110 valence electrons. The van der Waals surface area contributed by atoms with Crippen molar-refractivity contribution in [3.63, 3.8) is 0 Å². The lowest BCUT2D eigenvalue weighted by Gasteiger charge is -2.35. The average molecular weight is 277 g/mol. The first kappa shape index (κ1) is 16.7. The van der Waals surface area contributed by atoms with Crippen molar-refractivity contribution in [3.8, 4) is 11.8 Å². The van der Waals surface area contributed by atoms with Gasteiger partial charge in [0.15, 0.2) is 0 Å². The number of nitrogens with zero attached hydrogens (tertiary/aromatic N) is 1. The number of aliphatic hydroxyl groups is 1. The number of hydrogen-bond acceptors (Lipinski definition) is 2. The predicted molar refractivity (Wildman–Crippen MR) is 80.7 cm³/mol. The molecule has 3 heteroatoms. The Kier molecular flexibility index (Phi) is 5.74. The maximum atomic E-state index is 13.3. The first-order valence-electron chi connectivity index (χ1n) is 6.84. The summed E-state index contributed by atoms with van der Waals surface area (Å²) in [5.41, 5.74) is 1.80. The summed E-state index contributed by atoms with van der Waals surface area (Å²) >= 11 is 0. The molecule has 0 spiro atoms. The van der Waals surface area contributed by atoms with Crippen molar-refractivity contribution in [2.45, 2.75) is 40.3 Å². The van der Waals surface area contributed by atoms with Crippen LogP contribution in [0.25, 0.3) is 0 Å². The van der Waals surface area contributed by atoms with Crippen LogP contribution in [0.5, 0.6) is 0 Å². The summed E-state index contributed by atoms with van der Waals surface area (Å²) in [4.78, 5) is 2.23. The van der Waals surface area contributed by atoms with Gasteiger partial charge in [0.25, 0.3) is 0 Å². The Balaban J connectivity index is 2.97. The highest BCUT2D eigenvalue weighted by Gasteiger charge is 2.24. The molecule has 1 aromatic rings. The van der Waals surface area contributed by atoms with Crippen molar-refractivity contribution in [1.29, 1.82) is 0 Å². The van der Waals surface area contributed by atoms with Crippen LogP contribution < -0.4 is 0 Å². The van der Waals surface area contributed by atoms with Gasteiger partial charge in [-0.05, 0) is 37.1 Å². The fourth-order valence-electron chi connectivity index (χ4n) is 2.00. The third kappa shape index (κ3) is 4.63. The molecule has 0 aromatic heterocycles. The zero-order valence-electron chi connectivity index (χ0n) is 13.0. The van der Waals surface area contributed by atoms with Crippen molar-refractivity contribution in [2.75, 3.05) is 13.7 Å². The van der Waals surface area contributed by atoms with Gasteiger partial charge < -0.3 is 5.11 Å². The maximum Gasteiger partial charge on any atom is 0.124 e. The van der Waals surface area contributed by atoms with E-state index in [0.717, 1.165) is 5.56 Å². The fourth-order valence-corrected chi connectivity index (χ4v) is 2.00. The Morgan fingerprint density at radius 3 is 2.55 bits per heavy atom. The standard InChI is InChI=1S/C17H24FNO/c1-13(17(2,3)4)19(5)12-15-8-9-16(18)11-14(15)7-6-10-20/h8-9,11,13,20H,10,12H2,1-5H3. The van der Waals surface area contributed by atoms with E-state index in [1.807, 2.05) is 0 Å². The van der Waals surface area contributed by atoms with E-state index in [-0.39, 0.29) is 17.8 Å². The van der Waals surface area contributed by atoms with Gasteiger partial charge in [0.2, 0.25) is 0 Å². The van der Waals surface area contributed by atoms with E-state index in [1.165, 1.54) is 12.1 Å².